The highest BCUT2D eigenvalue weighted by Gasteiger charge is 2.04. The van der Waals surface area contributed by atoms with Crippen molar-refractivity contribution in [1.29, 1.82) is 0 Å². The number of nitrogen functional groups attached to an aromatic ring is 1. The fraction of sp³-hybridized carbons (Fsp3) is 0.167. The predicted octanol–water partition coefficient (Wildman–Crippen LogP) is 3.91. The number of aliphatic imine (C=N–C) groups is 1. The van der Waals surface area contributed by atoms with Gasteiger partial charge in [-0.2, -0.15) is 5.10 Å². The first-order chi connectivity index (χ1) is 11.7. The summed E-state index contributed by atoms with van der Waals surface area (Å²) >= 11 is 1.48. The number of fused-ring (bicyclic) bond motifs is 1. The highest BCUT2D eigenvalue weighted by Crippen LogP contribution is 2.25. The number of hydrazone groups is 1. The molecule has 0 amide bonds. The zero-order valence-electron chi connectivity index (χ0n) is 13.6. The number of nitrogens with two attached hydrogens (primary N) is 1. The van der Waals surface area contributed by atoms with E-state index in [9.17, 15) is 0 Å². The summed E-state index contributed by atoms with van der Waals surface area (Å²) in [5.74, 6) is 0. The minimum atomic E-state index is 0.580. The number of rotatable bonds is 8. The van der Waals surface area contributed by atoms with E-state index in [2.05, 4.69) is 33.1 Å². The van der Waals surface area contributed by atoms with Gasteiger partial charge in [0.15, 0.2) is 5.13 Å². The van der Waals surface area contributed by atoms with Crippen LogP contribution in [0.1, 0.15) is 18.9 Å². The Kier molecular flexibility index (Phi) is 6.91. The zero-order chi connectivity index (χ0) is 17.2. The van der Waals surface area contributed by atoms with Gasteiger partial charge >= 0.3 is 0 Å². The SMILES string of the molecule is C=CCN/N=C\C/C=C/N=C(\C=C\C)c1ccc2nc(N)sc2c1. The largest absolute Gasteiger partial charge is 0.375 e. The van der Waals surface area contributed by atoms with Gasteiger partial charge in [-0.1, -0.05) is 35.6 Å². The van der Waals surface area contributed by atoms with Gasteiger partial charge < -0.3 is 11.2 Å². The molecule has 2 aromatic rings. The molecular weight excluding hydrogens is 318 g/mol. The average molecular weight is 339 g/mol. The molecule has 0 atom stereocenters. The van der Waals surface area contributed by atoms with Gasteiger partial charge in [0.05, 0.1) is 22.5 Å². The Morgan fingerprint density at radius 1 is 1.46 bits per heavy atom. The van der Waals surface area contributed by atoms with Gasteiger partial charge in [-0.05, 0) is 25.1 Å². The summed E-state index contributed by atoms with van der Waals surface area (Å²) in [4.78, 5) is 8.81. The van der Waals surface area contributed by atoms with Gasteiger partial charge in [0, 0.05) is 24.4 Å². The van der Waals surface area contributed by atoms with Crippen LogP contribution in [0.4, 0.5) is 5.13 Å². The summed E-state index contributed by atoms with van der Waals surface area (Å²) in [5, 5.41) is 4.61. The predicted molar refractivity (Wildman–Crippen MR) is 106 cm³/mol. The van der Waals surface area contributed by atoms with E-state index in [4.69, 9.17) is 5.73 Å². The molecule has 0 radical (unpaired) electrons. The molecule has 0 saturated heterocycles. The van der Waals surface area contributed by atoms with E-state index in [-0.39, 0.29) is 0 Å². The van der Waals surface area contributed by atoms with Crippen molar-refractivity contribution in [3.8, 4) is 0 Å². The van der Waals surface area contributed by atoms with Crippen LogP contribution in [0.25, 0.3) is 10.2 Å². The third-order valence-corrected chi connectivity index (χ3v) is 3.85. The monoisotopic (exact) mass is 339 g/mol. The maximum atomic E-state index is 5.76. The molecule has 24 heavy (non-hydrogen) atoms. The number of nitrogens with zero attached hydrogens (tertiary/aromatic N) is 3. The van der Waals surface area contributed by atoms with Crippen molar-refractivity contribution >= 4 is 38.6 Å². The van der Waals surface area contributed by atoms with Crippen molar-refractivity contribution in [1.82, 2.24) is 10.4 Å². The summed E-state index contributed by atoms with van der Waals surface area (Å²) in [5.41, 5.74) is 11.5. The summed E-state index contributed by atoms with van der Waals surface area (Å²) in [6, 6.07) is 6.05. The molecule has 124 valence electrons. The molecule has 0 unspecified atom stereocenters. The molecule has 1 aromatic heterocycles. The quantitative estimate of drug-likeness (QED) is 0.331. The topological polar surface area (TPSA) is 75.7 Å². The first-order valence-electron chi connectivity index (χ1n) is 7.62. The third-order valence-electron chi connectivity index (χ3n) is 3.00. The summed E-state index contributed by atoms with van der Waals surface area (Å²) in [6.07, 6.45) is 12.0. The Balaban J connectivity index is 2.09. The molecule has 3 N–H and O–H groups in total. The van der Waals surface area contributed by atoms with Crippen LogP contribution in [0.3, 0.4) is 0 Å². The second-order valence-electron chi connectivity index (χ2n) is 4.83. The standard InChI is InChI=1S/C18H21N5S/c1-3-7-15(20-11-5-6-12-22-21-10-4-2)14-8-9-16-17(13-14)24-18(19)23-16/h3-5,7-9,11-13,21H,2,6,10H2,1H3,(H2,19,23)/b7-3+,11-5+,20-15+,22-12-. The van der Waals surface area contributed by atoms with E-state index < -0.39 is 0 Å². The van der Waals surface area contributed by atoms with E-state index in [0.717, 1.165) is 21.5 Å². The maximum absolute atomic E-state index is 5.76. The van der Waals surface area contributed by atoms with Gasteiger partial charge in [0.25, 0.3) is 0 Å². The molecule has 1 heterocycles. The molecule has 0 aliphatic heterocycles. The molecule has 2 rings (SSSR count). The lowest BCUT2D eigenvalue weighted by Crippen LogP contribution is -2.03. The Morgan fingerprint density at radius 3 is 3.12 bits per heavy atom. The first-order valence-corrected chi connectivity index (χ1v) is 8.43. The lowest BCUT2D eigenvalue weighted by molar-refractivity contribution is 0.829. The number of hydrogen-bond donors (Lipinski definition) is 2. The minimum Gasteiger partial charge on any atom is -0.375 e. The summed E-state index contributed by atoms with van der Waals surface area (Å²) in [7, 11) is 0. The van der Waals surface area contributed by atoms with Crippen molar-refractivity contribution in [3.05, 3.63) is 60.8 Å². The number of anilines is 1. The van der Waals surface area contributed by atoms with E-state index in [0.29, 0.717) is 18.1 Å². The van der Waals surface area contributed by atoms with Crippen LogP contribution < -0.4 is 11.2 Å². The average Bonchev–Trinajstić information content (AvgIpc) is 2.95. The smallest absolute Gasteiger partial charge is 0.181 e. The lowest BCUT2D eigenvalue weighted by atomic mass is 10.1. The normalized spacial score (nSPS) is 12.8. The van der Waals surface area contributed by atoms with Crippen LogP contribution in [0, 0.1) is 0 Å². The molecule has 0 bridgehead atoms. The molecule has 6 heteroatoms. The van der Waals surface area contributed by atoms with E-state index in [1.165, 1.54) is 11.3 Å². The lowest BCUT2D eigenvalue weighted by Gasteiger charge is -2.00. The van der Waals surface area contributed by atoms with Crippen molar-refractivity contribution < 1.29 is 0 Å². The van der Waals surface area contributed by atoms with Crippen LogP contribution in [0.15, 0.2) is 65.4 Å². The molecule has 1 aromatic carbocycles. The van der Waals surface area contributed by atoms with Crippen LogP contribution in [0.5, 0.6) is 0 Å². The van der Waals surface area contributed by atoms with Gasteiger partial charge in [0.2, 0.25) is 0 Å². The Morgan fingerprint density at radius 2 is 2.33 bits per heavy atom. The second kappa shape index (κ2) is 9.42. The third kappa shape index (κ3) is 5.17. The zero-order valence-corrected chi connectivity index (χ0v) is 14.5. The van der Waals surface area contributed by atoms with E-state index >= 15 is 0 Å². The number of allylic oxidation sites excluding steroid dienone is 3. The number of aromatic nitrogens is 1. The number of nitrogens with one attached hydrogen (secondary N) is 1. The Bertz CT molecular complexity index is 799. The fourth-order valence-corrected chi connectivity index (χ4v) is 2.74. The molecule has 5 nitrogen and oxygen atoms in total. The Labute approximate surface area is 146 Å². The summed E-state index contributed by atoms with van der Waals surface area (Å²) < 4.78 is 1.06. The van der Waals surface area contributed by atoms with Crippen LogP contribution >= 0.6 is 11.3 Å². The van der Waals surface area contributed by atoms with Gasteiger partial charge in [-0.15, -0.1) is 6.58 Å². The highest BCUT2D eigenvalue weighted by molar-refractivity contribution is 7.22. The van der Waals surface area contributed by atoms with Crippen LogP contribution in [-0.2, 0) is 0 Å². The highest BCUT2D eigenvalue weighted by atomic mass is 32.1. The van der Waals surface area contributed by atoms with Gasteiger partial charge in [0.1, 0.15) is 0 Å². The Hall–Kier alpha value is -2.73. The second-order valence-corrected chi connectivity index (χ2v) is 5.89. The van der Waals surface area contributed by atoms with Crippen LogP contribution in [0.2, 0.25) is 0 Å². The van der Waals surface area contributed by atoms with E-state index in [1.54, 1.807) is 18.5 Å². The van der Waals surface area contributed by atoms with Crippen LogP contribution in [-0.4, -0.2) is 23.5 Å². The number of thiazole rings is 1. The molecule has 0 fully saturated rings. The van der Waals surface area contributed by atoms with Crippen molar-refractivity contribution in [2.45, 2.75) is 13.3 Å². The van der Waals surface area contributed by atoms with Crippen molar-refractivity contribution in [2.24, 2.45) is 10.1 Å². The number of benzene rings is 1. The maximum Gasteiger partial charge on any atom is 0.181 e. The first kappa shape index (κ1) is 17.6. The van der Waals surface area contributed by atoms with Gasteiger partial charge in [-0.3, -0.25) is 4.99 Å². The number of hydrogen-bond acceptors (Lipinski definition) is 6. The molecule has 0 saturated carbocycles. The fourth-order valence-electron chi connectivity index (χ4n) is 1.96. The van der Waals surface area contributed by atoms with Crippen molar-refractivity contribution in [2.75, 3.05) is 12.3 Å². The molecule has 0 spiro atoms. The van der Waals surface area contributed by atoms with Gasteiger partial charge in [-0.25, -0.2) is 4.98 Å². The van der Waals surface area contributed by atoms with E-state index in [1.807, 2.05) is 37.3 Å². The molecular formula is C18H21N5S. The summed E-state index contributed by atoms with van der Waals surface area (Å²) in [6.45, 7) is 6.24. The van der Waals surface area contributed by atoms with Crippen molar-refractivity contribution in [3.63, 3.8) is 0 Å². The molecule has 0 aliphatic rings. The minimum absolute atomic E-state index is 0.580. The molecule has 0 aliphatic carbocycles.